The summed E-state index contributed by atoms with van der Waals surface area (Å²) < 4.78 is 0. The SMILES string of the molecule is CC1CC(=O)CC[C@@H]1C. The van der Waals surface area contributed by atoms with Crippen LogP contribution in [0, 0.1) is 11.8 Å². The Hall–Kier alpha value is -0.330. The summed E-state index contributed by atoms with van der Waals surface area (Å²) >= 11 is 0. The lowest BCUT2D eigenvalue weighted by Crippen LogP contribution is -2.19. The van der Waals surface area contributed by atoms with E-state index in [9.17, 15) is 4.79 Å². The largest absolute Gasteiger partial charge is 0.300 e. The van der Waals surface area contributed by atoms with Gasteiger partial charge in [0.2, 0.25) is 0 Å². The van der Waals surface area contributed by atoms with Crippen molar-refractivity contribution >= 4 is 5.78 Å². The summed E-state index contributed by atoms with van der Waals surface area (Å²) in [6, 6.07) is 0. The monoisotopic (exact) mass is 126 g/mol. The van der Waals surface area contributed by atoms with Crippen LogP contribution < -0.4 is 0 Å². The predicted octanol–water partition coefficient (Wildman–Crippen LogP) is 2.01. The molecule has 1 heteroatoms. The van der Waals surface area contributed by atoms with Gasteiger partial charge in [-0.25, -0.2) is 0 Å². The van der Waals surface area contributed by atoms with E-state index in [-0.39, 0.29) is 0 Å². The maximum Gasteiger partial charge on any atom is 0.133 e. The van der Waals surface area contributed by atoms with Crippen molar-refractivity contribution in [2.24, 2.45) is 11.8 Å². The number of ketones is 1. The lowest BCUT2D eigenvalue weighted by Gasteiger charge is -2.23. The molecule has 0 heterocycles. The van der Waals surface area contributed by atoms with Crippen molar-refractivity contribution in [1.82, 2.24) is 0 Å². The van der Waals surface area contributed by atoms with Gasteiger partial charge in [-0.1, -0.05) is 13.8 Å². The fraction of sp³-hybridized carbons (Fsp3) is 0.875. The van der Waals surface area contributed by atoms with Crippen molar-refractivity contribution in [2.45, 2.75) is 33.1 Å². The van der Waals surface area contributed by atoms with E-state index in [1.807, 2.05) is 0 Å². The molecule has 0 aromatic carbocycles. The van der Waals surface area contributed by atoms with E-state index >= 15 is 0 Å². The van der Waals surface area contributed by atoms with Crippen molar-refractivity contribution in [2.75, 3.05) is 0 Å². The van der Waals surface area contributed by atoms with Gasteiger partial charge < -0.3 is 0 Å². The molecule has 1 aliphatic carbocycles. The molecule has 2 atom stereocenters. The number of Topliss-reactive ketones (excluding diaryl/α,β-unsaturated/α-hetero) is 1. The summed E-state index contributed by atoms with van der Waals surface area (Å²) in [5.74, 6) is 1.86. The minimum Gasteiger partial charge on any atom is -0.300 e. The Bertz CT molecular complexity index is 118. The molecule has 1 rings (SSSR count). The smallest absolute Gasteiger partial charge is 0.133 e. The third kappa shape index (κ3) is 1.54. The van der Waals surface area contributed by atoms with E-state index in [1.54, 1.807) is 0 Å². The first-order valence-corrected chi connectivity index (χ1v) is 3.72. The van der Waals surface area contributed by atoms with E-state index < -0.39 is 0 Å². The van der Waals surface area contributed by atoms with Crippen LogP contribution in [0.1, 0.15) is 33.1 Å². The van der Waals surface area contributed by atoms with Gasteiger partial charge in [-0.3, -0.25) is 4.79 Å². The van der Waals surface area contributed by atoms with Gasteiger partial charge in [0.25, 0.3) is 0 Å². The van der Waals surface area contributed by atoms with Gasteiger partial charge in [-0.15, -0.1) is 0 Å². The summed E-state index contributed by atoms with van der Waals surface area (Å²) in [4.78, 5) is 10.8. The first-order chi connectivity index (χ1) is 4.20. The first kappa shape index (κ1) is 6.79. The standard InChI is InChI=1S/C8H14O/c1-6-3-4-8(9)5-7(6)2/h6-7H,3-5H2,1-2H3/t6-,7?/m0/s1. The van der Waals surface area contributed by atoms with Gasteiger partial charge in [-0.05, 0) is 18.3 Å². The Morgan fingerprint density at radius 1 is 1.33 bits per heavy atom. The topological polar surface area (TPSA) is 17.1 Å². The molecule has 0 bridgehead atoms. The molecule has 1 aliphatic rings. The van der Waals surface area contributed by atoms with Crippen LogP contribution in [0.2, 0.25) is 0 Å². The highest BCUT2D eigenvalue weighted by atomic mass is 16.1. The average molecular weight is 126 g/mol. The zero-order valence-electron chi connectivity index (χ0n) is 6.18. The number of carbonyl (C=O) groups is 1. The summed E-state index contributed by atoms with van der Waals surface area (Å²) in [6.07, 6.45) is 2.76. The van der Waals surface area contributed by atoms with Crippen LogP contribution in [0.5, 0.6) is 0 Å². The highest BCUT2D eigenvalue weighted by molar-refractivity contribution is 5.79. The molecule has 1 nitrogen and oxygen atoms in total. The average Bonchev–Trinajstić information content (AvgIpc) is 1.80. The highest BCUT2D eigenvalue weighted by Gasteiger charge is 2.21. The zero-order chi connectivity index (χ0) is 6.85. The Kier molecular flexibility index (Phi) is 1.89. The molecule has 9 heavy (non-hydrogen) atoms. The molecule has 0 spiro atoms. The molecule has 0 amide bonds. The Balaban J connectivity index is 2.44. The van der Waals surface area contributed by atoms with Crippen LogP contribution in [0.4, 0.5) is 0 Å². The van der Waals surface area contributed by atoms with Crippen molar-refractivity contribution in [3.63, 3.8) is 0 Å². The van der Waals surface area contributed by atoms with E-state index in [4.69, 9.17) is 0 Å². The molecule has 52 valence electrons. The molecule has 1 saturated carbocycles. The second-order valence-corrected chi connectivity index (χ2v) is 3.24. The number of carbonyl (C=O) groups excluding carboxylic acids is 1. The van der Waals surface area contributed by atoms with Crippen LogP contribution in [0.15, 0.2) is 0 Å². The third-order valence-electron chi connectivity index (χ3n) is 2.40. The lowest BCUT2D eigenvalue weighted by molar-refractivity contribution is -0.122. The van der Waals surface area contributed by atoms with E-state index in [0.29, 0.717) is 11.7 Å². The Morgan fingerprint density at radius 3 is 2.44 bits per heavy atom. The number of hydrogen-bond acceptors (Lipinski definition) is 1. The van der Waals surface area contributed by atoms with Gasteiger partial charge in [0.1, 0.15) is 5.78 Å². The fourth-order valence-corrected chi connectivity index (χ4v) is 1.34. The van der Waals surface area contributed by atoms with Crippen molar-refractivity contribution in [1.29, 1.82) is 0 Å². The first-order valence-electron chi connectivity index (χ1n) is 3.72. The molecule has 1 unspecified atom stereocenters. The minimum absolute atomic E-state index is 0.459. The second-order valence-electron chi connectivity index (χ2n) is 3.24. The van der Waals surface area contributed by atoms with Crippen LogP contribution >= 0.6 is 0 Å². The van der Waals surface area contributed by atoms with Crippen LogP contribution in [0.25, 0.3) is 0 Å². The van der Waals surface area contributed by atoms with Crippen molar-refractivity contribution < 1.29 is 4.79 Å². The van der Waals surface area contributed by atoms with Crippen molar-refractivity contribution in [3.8, 4) is 0 Å². The number of hydrogen-bond donors (Lipinski definition) is 0. The molecule has 0 aliphatic heterocycles. The van der Waals surface area contributed by atoms with Crippen LogP contribution in [-0.4, -0.2) is 5.78 Å². The molecule has 0 aromatic heterocycles. The molecular weight excluding hydrogens is 112 g/mol. The molecule has 1 fully saturated rings. The summed E-state index contributed by atoms with van der Waals surface area (Å²) in [5, 5.41) is 0. The summed E-state index contributed by atoms with van der Waals surface area (Å²) in [6.45, 7) is 4.40. The summed E-state index contributed by atoms with van der Waals surface area (Å²) in [7, 11) is 0. The van der Waals surface area contributed by atoms with Crippen molar-refractivity contribution in [3.05, 3.63) is 0 Å². The number of rotatable bonds is 0. The zero-order valence-corrected chi connectivity index (χ0v) is 6.18. The van der Waals surface area contributed by atoms with Gasteiger partial charge in [0, 0.05) is 12.8 Å². The quantitative estimate of drug-likeness (QED) is 0.485. The minimum atomic E-state index is 0.459. The van der Waals surface area contributed by atoms with Gasteiger partial charge in [-0.2, -0.15) is 0 Å². The Morgan fingerprint density at radius 2 is 2.00 bits per heavy atom. The molecule has 0 radical (unpaired) electrons. The normalized spacial score (nSPS) is 36.9. The Labute approximate surface area is 56.4 Å². The van der Waals surface area contributed by atoms with E-state index in [1.165, 1.54) is 0 Å². The molecule has 0 saturated heterocycles. The predicted molar refractivity (Wildman–Crippen MR) is 37.2 cm³/mol. The second kappa shape index (κ2) is 2.51. The lowest BCUT2D eigenvalue weighted by atomic mass is 9.81. The van der Waals surface area contributed by atoms with E-state index in [0.717, 1.165) is 25.2 Å². The maximum absolute atomic E-state index is 10.8. The third-order valence-corrected chi connectivity index (χ3v) is 2.40. The molecule has 0 aromatic rings. The highest BCUT2D eigenvalue weighted by Crippen LogP contribution is 2.26. The van der Waals surface area contributed by atoms with Crippen LogP contribution in [0.3, 0.4) is 0 Å². The molecule has 0 N–H and O–H groups in total. The van der Waals surface area contributed by atoms with Gasteiger partial charge in [0.15, 0.2) is 0 Å². The van der Waals surface area contributed by atoms with E-state index in [2.05, 4.69) is 13.8 Å². The van der Waals surface area contributed by atoms with Crippen LogP contribution in [-0.2, 0) is 4.79 Å². The van der Waals surface area contributed by atoms with Gasteiger partial charge >= 0.3 is 0 Å². The maximum atomic E-state index is 10.8. The van der Waals surface area contributed by atoms with Gasteiger partial charge in [0.05, 0.1) is 0 Å². The molecular formula is C8H14O. The summed E-state index contributed by atoms with van der Waals surface area (Å²) in [5.41, 5.74) is 0. The fourth-order valence-electron chi connectivity index (χ4n) is 1.34.